The lowest BCUT2D eigenvalue weighted by molar-refractivity contribution is -0.893. The standard InChI is InChI=1S/C21H30NO3/c1-3-14-22(2)15-13-19(16-22)25-20(23)21(24,18-11-7-8-12-18)17-9-5-4-6-10-17/h3-6,9-10,18-19,24H,1,7-8,11-16H2,2H3/q+1. The summed E-state index contributed by atoms with van der Waals surface area (Å²) in [6, 6.07) is 9.32. The van der Waals surface area contributed by atoms with E-state index in [0.29, 0.717) is 5.56 Å². The Morgan fingerprint density at radius 3 is 2.64 bits per heavy atom. The summed E-state index contributed by atoms with van der Waals surface area (Å²) in [6.45, 7) is 6.45. The minimum Gasteiger partial charge on any atom is -0.454 e. The van der Waals surface area contributed by atoms with Gasteiger partial charge >= 0.3 is 5.97 Å². The quantitative estimate of drug-likeness (QED) is 0.490. The van der Waals surface area contributed by atoms with Gasteiger partial charge in [-0.3, -0.25) is 0 Å². The molecule has 1 aromatic rings. The molecule has 0 aromatic heterocycles. The van der Waals surface area contributed by atoms with Crippen molar-refractivity contribution in [2.45, 2.75) is 43.8 Å². The Balaban J connectivity index is 1.78. The highest BCUT2D eigenvalue weighted by Gasteiger charge is 2.49. The van der Waals surface area contributed by atoms with Crippen LogP contribution in [0.4, 0.5) is 0 Å². The zero-order valence-corrected chi connectivity index (χ0v) is 15.2. The first kappa shape index (κ1) is 18.2. The number of quaternary nitrogens is 1. The number of hydrogen-bond donors (Lipinski definition) is 1. The van der Waals surface area contributed by atoms with Gasteiger partial charge in [-0.25, -0.2) is 4.79 Å². The molecular formula is C21H30NO3+. The Morgan fingerprint density at radius 2 is 2.00 bits per heavy atom. The van der Waals surface area contributed by atoms with E-state index in [0.717, 1.165) is 56.2 Å². The van der Waals surface area contributed by atoms with Gasteiger partial charge in [0.25, 0.3) is 0 Å². The molecule has 0 spiro atoms. The lowest BCUT2D eigenvalue weighted by Crippen LogP contribution is -2.46. The molecular weight excluding hydrogens is 314 g/mol. The average Bonchev–Trinajstić information content (AvgIpc) is 3.26. The minimum atomic E-state index is -1.53. The monoisotopic (exact) mass is 344 g/mol. The van der Waals surface area contributed by atoms with E-state index in [2.05, 4.69) is 13.6 Å². The number of rotatable bonds is 6. The van der Waals surface area contributed by atoms with E-state index in [4.69, 9.17) is 4.74 Å². The smallest absolute Gasteiger partial charge is 0.343 e. The zero-order chi connectivity index (χ0) is 17.9. The van der Waals surface area contributed by atoms with Crippen molar-refractivity contribution in [1.82, 2.24) is 0 Å². The average molecular weight is 344 g/mol. The molecule has 1 aliphatic heterocycles. The van der Waals surface area contributed by atoms with Crippen molar-refractivity contribution in [1.29, 1.82) is 0 Å². The van der Waals surface area contributed by atoms with Gasteiger partial charge in [0.05, 0.1) is 20.1 Å². The number of nitrogens with zero attached hydrogens (tertiary/aromatic N) is 1. The molecule has 0 bridgehead atoms. The van der Waals surface area contributed by atoms with Gasteiger partial charge in [-0.2, -0.15) is 0 Å². The number of likely N-dealkylation sites (N-methyl/N-ethyl adjacent to an activating group) is 1. The second kappa shape index (κ2) is 7.30. The van der Waals surface area contributed by atoms with E-state index in [1.54, 1.807) is 0 Å². The molecule has 136 valence electrons. The van der Waals surface area contributed by atoms with Crippen LogP contribution >= 0.6 is 0 Å². The molecule has 25 heavy (non-hydrogen) atoms. The van der Waals surface area contributed by atoms with Gasteiger partial charge in [0.2, 0.25) is 0 Å². The largest absolute Gasteiger partial charge is 0.454 e. The highest BCUT2D eigenvalue weighted by Crippen LogP contribution is 2.42. The third-order valence-electron chi connectivity index (χ3n) is 5.95. The molecule has 1 saturated heterocycles. The zero-order valence-electron chi connectivity index (χ0n) is 15.2. The van der Waals surface area contributed by atoms with Crippen LogP contribution in [0.2, 0.25) is 0 Å². The van der Waals surface area contributed by atoms with Crippen molar-refractivity contribution >= 4 is 5.97 Å². The predicted octanol–water partition coefficient (Wildman–Crippen LogP) is 3.01. The molecule has 1 aromatic carbocycles. The van der Waals surface area contributed by atoms with Crippen LogP contribution in [0.25, 0.3) is 0 Å². The second-order valence-corrected chi connectivity index (χ2v) is 7.93. The van der Waals surface area contributed by atoms with Crippen LogP contribution in [0, 0.1) is 5.92 Å². The van der Waals surface area contributed by atoms with Crippen molar-refractivity contribution in [3.8, 4) is 0 Å². The molecule has 1 N–H and O–H groups in total. The number of esters is 1. The maximum Gasteiger partial charge on any atom is 0.343 e. The number of likely N-dealkylation sites (tertiary alicyclic amines) is 1. The first-order chi connectivity index (χ1) is 12.0. The molecule has 2 fully saturated rings. The summed E-state index contributed by atoms with van der Waals surface area (Å²) in [6.07, 6.45) is 6.49. The Labute approximate surface area is 150 Å². The molecule has 0 radical (unpaired) electrons. The molecule has 4 nitrogen and oxygen atoms in total. The van der Waals surface area contributed by atoms with Crippen LogP contribution in [0.1, 0.15) is 37.7 Å². The number of hydrogen-bond acceptors (Lipinski definition) is 3. The van der Waals surface area contributed by atoms with Crippen LogP contribution in [0.15, 0.2) is 43.0 Å². The third kappa shape index (κ3) is 3.65. The van der Waals surface area contributed by atoms with Crippen molar-refractivity contribution in [2.75, 3.05) is 26.7 Å². The van der Waals surface area contributed by atoms with Crippen LogP contribution < -0.4 is 0 Å². The van der Waals surface area contributed by atoms with Gasteiger partial charge in [0, 0.05) is 12.3 Å². The number of aliphatic hydroxyl groups is 1. The maximum atomic E-state index is 13.1. The molecule has 3 atom stereocenters. The van der Waals surface area contributed by atoms with Gasteiger partial charge in [-0.1, -0.05) is 49.8 Å². The summed E-state index contributed by atoms with van der Waals surface area (Å²) < 4.78 is 6.69. The normalized spacial score (nSPS) is 29.3. The SMILES string of the molecule is C=CC[N+]1(C)CCC(OC(=O)C(O)(c2ccccc2)C2CCCC2)C1. The van der Waals surface area contributed by atoms with Crippen LogP contribution in [0.5, 0.6) is 0 Å². The maximum absolute atomic E-state index is 13.1. The van der Waals surface area contributed by atoms with Crippen molar-refractivity contribution < 1.29 is 19.1 Å². The van der Waals surface area contributed by atoms with Crippen molar-refractivity contribution in [3.63, 3.8) is 0 Å². The summed E-state index contributed by atoms with van der Waals surface area (Å²) in [5, 5.41) is 11.4. The van der Waals surface area contributed by atoms with Gasteiger partial charge in [-0.05, 0) is 24.5 Å². The van der Waals surface area contributed by atoms with Crippen LogP contribution in [-0.4, -0.2) is 48.3 Å². The fourth-order valence-electron chi connectivity index (χ4n) is 4.50. The van der Waals surface area contributed by atoms with Gasteiger partial charge in [0.15, 0.2) is 11.7 Å². The van der Waals surface area contributed by atoms with E-state index in [1.807, 2.05) is 36.4 Å². The van der Waals surface area contributed by atoms with Crippen LogP contribution in [-0.2, 0) is 15.1 Å². The second-order valence-electron chi connectivity index (χ2n) is 7.93. The van der Waals surface area contributed by atoms with Crippen molar-refractivity contribution in [3.05, 3.63) is 48.6 Å². The van der Waals surface area contributed by atoms with Gasteiger partial charge < -0.3 is 14.3 Å². The lowest BCUT2D eigenvalue weighted by atomic mass is 9.80. The van der Waals surface area contributed by atoms with E-state index in [-0.39, 0.29) is 12.0 Å². The summed E-state index contributed by atoms with van der Waals surface area (Å²) in [4.78, 5) is 13.1. The molecule has 1 heterocycles. The van der Waals surface area contributed by atoms with E-state index < -0.39 is 11.6 Å². The molecule has 3 rings (SSSR count). The van der Waals surface area contributed by atoms with Crippen LogP contribution in [0.3, 0.4) is 0 Å². The van der Waals surface area contributed by atoms with Crippen molar-refractivity contribution in [2.24, 2.45) is 5.92 Å². The summed E-state index contributed by atoms with van der Waals surface area (Å²) in [7, 11) is 2.16. The Kier molecular flexibility index (Phi) is 5.30. The Hall–Kier alpha value is -1.65. The van der Waals surface area contributed by atoms with E-state index in [1.165, 1.54) is 0 Å². The first-order valence-electron chi connectivity index (χ1n) is 9.41. The fourth-order valence-corrected chi connectivity index (χ4v) is 4.50. The number of carbonyl (C=O) groups is 1. The summed E-state index contributed by atoms with van der Waals surface area (Å²) in [5.74, 6) is -0.527. The van der Waals surface area contributed by atoms with Gasteiger partial charge in [0.1, 0.15) is 6.54 Å². The molecule has 1 aliphatic carbocycles. The molecule has 3 unspecified atom stereocenters. The lowest BCUT2D eigenvalue weighted by Gasteiger charge is -2.33. The van der Waals surface area contributed by atoms with Gasteiger partial charge in [-0.15, -0.1) is 0 Å². The number of benzene rings is 1. The first-order valence-corrected chi connectivity index (χ1v) is 9.41. The third-order valence-corrected chi connectivity index (χ3v) is 5.95. The predicted molar refractivity (Wildman–Crippen MR) is 97.8 cm³/mol. The fraction of sp³-hybridized carbons (Fsp3) is 0.571. The Bertz CT molecular complexity index is 611. The summed E-state index contributed by atoms with van der Waals surface area (Å²) >= 11 is 0. The molecule has 2 aliphatic rings. The molecule has 1 saturated carbocycles. The Morgan fingerprint density at radius 1 is 1.32 bits per heavy atom. The number of carbonyl (C=O) groups excluding carboxylic acids is 1. The molecule has 4 heteroatoms. The topological polar surface area (TPSA) is 46.5 Å². The number of ether oxygens (including phenoxy) is 1. The highest BCUT2D eigenvalue weighted by molar-refractivity contribution is 5.81. The summed E-state index contributed by atoms with van der Waals surface area (Å²) in [5.41, 5.74) is -0.865. The van der Waals surface area contributed by atoms with E-state index >= 15 is 0 Å². The highest BCUT2D eigenvalue weighted by atomic mass is 16.6. The van der Waals surface area contributed by atoms with E-state index in [9.17, 15) is 9.90 Å². The molecule has 0 amide bonds. The minimum absolute atomic E-state index is 0.0575.